The Bertz CT molecular complexity index is 73.1. The van der Waals surface area contributed by atoms with Crippen molar-refractivity contribution in [2.75, 3.05) is 39.6 Å². The fourth-order valence-electron chi connectivity index (χ4n) is 0.614. The first-order valence-corrected chi connectivity index (χ1v) is 4.09. The molecule has 0 atom stereocenters. The van der Waals surface area contributed by atoms with Gasteiger partial charge in [0.15, 0.2) is 0 Å². The monoisotopic (exact) mass is 178 g/mol. The van der Waals surface area contributed by atoms with E-state index in [4.69, 9.17) is 21.1 Å². The molecule has 0 aromatic rings. The Balaban J connectivity index is 2.73. The molecule has 0 saturated heterocycles. The highest BCUT2D eigenvalue weighted by Crippen LogP contribution is 1.81. The van der Waals surface area contributed by atoms with Crippen LogP contribution in [0, 0.1) is 0 Å². The van der Waals surface area contributed by atoms with Crippen LogP contribution in [0.5, 0.6) is 0 Å². The van der Waals surface area contributed by atoms with Crippen molar-refractivity contribution in [3.05, 3.63) is 0 Å². The molecule has 0 aromatic carbocycles. The predicted octanol–water partition coefficient (Wildman–Crippen LogP) is -0.741. The van der Waals surface area contributed by atoms with Gasteiger partial charge in [-0.05, 0) is 13.0 Å². The first-order valence-electron chi connectivity index (χ1n) is 4.09. The molecule has 0 fully saturated rings. The number of rotatable bonds is 9. The summed E-state index contributed by atoms with van der Waals surface area (Å²) in [7, 11) is 0. The van der Waals surface area contributed by atoms with E-state index >= 15 is 0 Å². The van der Waals surface area contributed by atoms with Crippen LogP contribution >= 0.6 is 0 Å². The third kappa shape index (κ3) is 9.80. The summed E-state index contributed by atoms with van der Waals surface area (Å²) in [5.41, 5.74) is 5.27. The molecule has 5 nitrogen and oxygen atoms in total. The SMILES string of the molecule is NCCCOCCOCCON. The maximum atomic E-state index is 5.27. The molecular weight excluding hydrogens is 160 g/mol. The summed E-state index contributed by atoms with van der Waals surface area (Å²) >= 11 is 0. The van der Waals surface area contributed by atoms with Crippen LogP contribution in [0.1, 0.15) is 6.42 Å². The fourth-order valence-corrected chi connectivity index (χ4v) is 0.614. The molecular formula is C7H18N2O3. The van der Waals surface area contributed by atoms with Gasteiger partial charge in [0.1, 0.15) is 0 Å². The van der Waals surface area contributed by atoms with Crippen LogP contribution in [-0.2, 0) is 14.3 Å². The van der Waals surface area contributed by atoms with E-state index in [0.29, 0.717) is 39.6 Å². The molecule has 0 heterocycles. The van der Waals surface area contributed by atoms with E-state index in [1.165, 1.54) is 0 Å². The average Bonchev–Trinajstić information content (AvgIpc) is 2.10. The van der Waals surface area contributed by atoms with Gasteiger partial charge in [-0.2, -0.15) is 0 Å². The van der Waals surface area contributed by atoms with Gasteiger partial charge in [-0.1, -0.05) is 0 Å². The first-order chi connectivity index (χ1) is 5.91. The minimum absolute atomic E-state index is 0.419. The molecule has 0 aromatic heterocycles. The third-order valence-electron chi connectivity index (χ3n) is 1.21. The number of hydrogen-bond acceptors (Lipinski definition) is 5. The standard InChI is InChI=1S/C7H18N2O3/c8-2-1-3-10-4-5-11-6-7-12-9/h1-9H2. The van der Waals surface area contributed by atoms with Crippen LogP contribution in [0.2, 0.25) is 0 Å². The molecule has 0 bridgehead atoms. The van der Waals surface area contributed by atoms with Crippen LogP contribution < -0.4 is 11.6 Å². The third-order valence-corrected chi connectivity index (χ3v) is 1.21. The van der Waals surface area contributed by atoms with E-state index in [9.17, 15) is 0 Å². The Morgan fingerprint density at radius 3 is 2.00 bits per heavy atom. The molecule has 0 aliphatic rings. The Labute approximate surface area is 72.9 Å². The minimum atomic E-state index is 0.419. The lowest BCUT2D eigenvalue weighted by molar-refractivity contribution is 0.0141. The summed E-state index contributed by atoms with van der Waals surface area (Å²) in [6.45, 7) is 3.48. The number of nitrogens with two attached hydrogens (primary N) is 2. The van der Waals surface area contributed by atoms with Gasteiger partial charge < -0.3 is 20.0 Å². The molecule has 0 radical (unpaired) electrons. The highest BCUT2D eigenvalue weighted by Gasteiger charge is 1.89. The van der Waals surface area contributed by atoms with Gasteiger partial charge >= 0.3 is 0 Å². The molecule has 0 rings (SSSR count). The highest BCUT2D eigenvalue weighted by atomic mass is 16.6. The van der Waals surface area contributed by atoms with Crippen molar-refractivity contribution in [1.82, 2.24) is 0 Å². The molecule has 0 saturated carbocycles. The Kier molecular flexibility index (Phi) is 10.6. The second kappa shape index (κ2) is 10.8. The lowest BCUT2D eigenvalue weighted by Crippen LogP contribution is -2.12. The smallest absolute Gasteiger partial charge is 0.0913 e. The lowest BCUT2D eigenvalue weighted by Gasteiger charge is -2.03. The lowest BCUT2D eigenvalue weighted by atomic mass is 10.5. The summed E-state index contributed by atoms with van der Waals surface area (Å²) < 4.78 is 10.3. The maximum absolute atomic E-state index is 5.27. The van der Waals surface area contributed by atoms with Crippen molar-refractivity contribution in [2.45, 2.75) is 6.42 Å². The summed E-state index contributed by atoms with van der Waals surface area (Å²) in [6, 6.07) is 0. The topological polar surface area (TPSA) is 79.7 Å². The van der Waals surface area contributed by atoms with E-state index in [2.05, 4.69) is 4.84 Å². The van der Waals surface area contributed by atoms with Gasteiger partial charge in [-0.15, -0.1) is 0 Å². The van der Waals surface area contributed by atoms with Crippen molar-refractivity contribution in [3.8, 4) is 0 Å². The molecule has 4 N–H and O–H groups in total. The van der Waals surface area contributed by atoms with Gasteiger partial charge in [-0.3, -0.25) is 0 Å². The normalized spacial score (nSPS) is 10.5. The molecule has 12 heavy (non-hydrogen) atoms. The molecule has 0 unspecified atom stereocenters. The summed E-state index contributed by atoms with van der Waals surface area (Å²) in [4.78, 5) is 4.30. The predicted molar refractivity (Wildman–Crippen MR) is 45.4 cm³/mol. The van der Waals surface area contributed by atoms with Crippen LogP contribution in [-0.4, -0.2) is 39.6 Å². The van der Waals surface area contributed by atoms with E-state index in [-0.39, 0.29) is 0 Å². The maximum Gasteiger partial charge on any atom is 0.0913 e. The molecule has 0 amide bonds. The van der Waals surface area contributed by atoms with Crippen molar-refractivity contribution >= 4 is 0 Å². The van der Waals surface area contributed by atoms with Gasteiger partial charge in [0.05, 0.1) is 26.4 Å². The second-order valence-electron chi connectivity index (χ2n) is 2.24. The quantitative estimate of drug-likeness (QED) is 0.359. The van der Waals surface area contributed by atoms with Gasteiger partial charge in [-0.25, -0.2) is 5.90 Å². The van der Waals surface area contributed by atoms with E-state index in [0.717, 1.165) is 6.42 Å². The zero-order chi connectivity index (χ0) is 9.07. The van der Waals surface area contributed by atoms with Gasteiger partial charge in [0.25, 0.3) is 0 Å². The first kappa shape index (κ1) is 11.8. The molecule has 0 spiro atoms. The Morgan fingerprint density at radius 1 is 0.833 bits per heavy atom. The Morgan fingerprint density at radius 2 is 1.42 bits per heavy atom. The van der Waals surface area contributed by atoms with Crippen LogP contribution in [0.15, 0.2) is 0 Å². The van der Waals surface area contributed by atoms with Crippen LogP contribution in [0.4, 0.5) is 0 Å². The van der Waals surface area contributed by atoms with Gasteiger partial charge in [0.2, 0.25) is 0 Å². The molecule has 74 valence electrons. The minimum Gasteiger partial charge on any atom is -0.379 e. The summed E-state index contributed by atoms with van der Waals surface area (Å²) in [5.74, 6) is 4.78. The number of hydrogen-bond donors (Lipinski definition) is 2. The van der Waals surface area contributed by atoms with E-state index in [1.807, 2.05) is 0 Å². The fraction of sp³-hybridized carbons (Fsp3) is 1.00. The van der Waals surface area contributed by atoms with Crippen LogP contribution in [0.3, 0.4) is 0 Å². The highest BCUT2D eigenvalue weighted by molar-refractivity contribution is 4.36. The molecule has 0 aliphatic carbocycles. The van der Waals surface area contributed by atoms with Crippen molar-refractivity contribution in [2.24, 2.45) is 11.6 Å². The van der Waals surface area contributed by atoms with E-state index in [1.54, 1.807) is 0 Å². The molecule has 5 heteroatoms. The number of ether oxygens (including phenoxy) is 2. The molecule has 0 aliphatic heterocycles. The second-order valence-corrected chi connectivity index (χ2v) is 2.24. The Hall–Kier alpha value is -0.200. The zero-order valence-corrected chi connectivity index (χ0v) is 7.33. The zero-order valence-electron chi connectivity index (χ0n) is 7.33. The van der Waals surface area contributed by atoms with Crippen molar-refractivity contribution in [1.29, 1.82) is 0 Å². The average molecular weight is 178 g/mol. The largest absolute Gasteiger partial charge is 0.379 e. The summed E-state index contributed by atoms with van der Waals surface area (Å²) in [5, 5.41) is 0. The van der Waals surface area contributed by atoms with E-state index < -0.39 is 0 Å². The van der Waals surface area contributed by atoms with Crippen molar-refractivity contribution < 1.29 is 14.3 Å². The summed E-state index contributed by atoms with van der Waals surface area (Å²) in [6.07, 6.45) is 0.895. The van der Waals surface area contributed by atoms with Crippen LogP contribution in [0.25, 0.3) is 0 Å². The van der Waals surface area contributed by atoms with Crippen molar-refractivity contribution in [3.63, 3.8) is 0 Å². The van der Waals surface area contributed by atoms with Gasteiger partial charge in [0, 0.05) is 6.61 Å².